The van der Waals surface area contributed by atoms with Gasteiger partial charge >= 0.3 is 0 Å². The van der Waals surface area contributed by atoms with Gasteiger partial charge < -0.3 is 0 Å². The van der Waals surface area contributed by atoms with Crippen molar-refractivity contribution in [2.24, 2.45) is 5.92 Å². The molecule has 13 heavy (non-hydrogen) atoms. The Morgan fingerprint density at radius 2 is 2.31 bits per heavy atom. The lowest BCUT2D eigenvalue weighted by Gasteiger charge is -2.26. The van der Waals surface area contributed by atoms with Gasteiger partial charge in [0.2, 0.25) is 5.91 Å². The van der Waals surface area contributed by atoms with Gasteiger partial charge in [0, 0.05) is 13.0 Å². The molecular formula is C10H19NO2. The number of carbonyl (C=O) groups is 1. The molecule has 1 fully saturated rings. The SMILES string of the molecule is CCC(C)CC(=O)N1CCCCO1. The van der Waals surface area contributed by atoms with E-state index in [1.54, 1.807) is 0 Å². The smallest absolute Gasteiger partial charge is 0.246 e. The van der Waals surface area contributed by atoms with E-state index in [-0.39, 0.29) is 5.91 Å². The predicted octanol–water partition coefficient (Wildman–Crippen LogP) is 1.98. The summed E-state index contributed by atoms with van der Waals surface area (Å²) in [5, 5.41) is 1.54. The molecule has 0 N–H and O–H groups in total. The summed E-state index contributed by atoms with van der Waals surface area (Å²) in [7, 11) is 0. The molecule has 1 aliphatic heterocycles. The third-order valence-corrected chi connectivity index (χ3v) is 2.50. The Morgan fingerprint density at radius 1 is 1.54 bits per heavy atom. The molecule has 0 aromatic heterocycles. The highest BCUT2D eigenvalue weighted by molar-refractivity contribution is 5.75. The van der Waals surface area contributed by atoms with Crippen LogP contribution in [0.5, 0.6) is 0 Å². The highest BCUT2D eigenvalue weighted by atomic mass is 16.7. The van der Waals surface area contributed by atoms with Gasteiger partial charge in [-0.1, -0.05) is 20.3 Å². The van der Waals surface area contributed by atoms with Gasteiger partial charge in [-0.3, -0.25) is 9.63 Å². The van der Waals surface area contributed by atoms with E-state index in [1.807, 2.05) is 0 Å². The zero-order valence-electron chi connectivity index (χ0n) is 8.58. The van der Waals surface area contributed by atoms with E-state index in [0.29, 0.717) is 18.9 Å². The van der Waals surface area contributed by atoms with E-state index >= 15 is 0 Å². The van der Waals surface area contributed by atoms with Gasteiger partial charge in [-0.15, -0.1) is 0 Å². The average molecular weight is 185 g/mol. The molecule has 0 radical (unpaired) electrons. The summed E-state index contributed by atoms with van der Waals surface area (Å²) in [5.41, 5.74) is 0. The Bertz CT molecular complexity index is 164. The summed E-state index contributed by atoms with van der Waals surface area (Å²) in [5.74, 6) is 0.618. The average Bonchev–Trinajstić information content (AvgIpc) is 2.19. The Balaban J connectivity index is 2.29. The molecule has 3 nitrogen and oxygen atoms in total. The number of carbonyl (C=O) groups excluding carboxylic acids is 1. The molecule has 1 heterocycles. The topological polar surface area (TPSA) is 29.5 Å². The Morgan fingerprint density at radius 3 is 2.85 bits per heavy atom. The number of hydrogen-bond acceptors (Lipinski definition) is 2. The van der Waals surface area contributed by atoms with Crippen LogP contribution in [0.1, 0.15) is 39.5 Å². The van der Waals surface area contributed by atoms with Crippen LogP contribution in [0.15, 0.2) is 0 Å². The summed E-state index contributed by atoms with van der Waals surface area (Å²) in [6, 6.07) is 0. The van der Waals surface area contributed by atoms with Crippen LogP contribution in [0.25, 0.3) is 0 Å². The Kier molecular flexibility index (Phi) is 4.22. The van der Waals surface area contributed by atoms with Crippen LogP contribution >= 0.6 is 0 Å². The number of rotatable bonds is 3. The largest absolute Gasteiger partial charge is 0.273 e. The van der Waals surface area contributed by atoms with E-state index in [2.05, 4.69) is 13.8 Å². The van der Waals surface area contributed by atoms with E-state index in [4.69, 9.17) is 4.84 Å². The number of hydrogen-bond donors (Lipinski definition) is 0. The summed E-state index contributed by atoms with van der Waals surface area (Å²) < 4.78 is 0. The maximum atomic E-state index is 11.6. The van der Waals surface area contributed by atoms with Crippen molar-refractivity contribution in [3.05, 3.63) is 0 Å². The molecule has 0 spiro atoms. The van der Waals surface area contributed by atoms with E-state index in [1.165, 1.54) is 5.06 Å². The minimum atomic E-state index is 0.147. The molecule has 0 aromatic carbocycles. The first kappa shape index (κ1) is 10.5. The highest BCUT2D eigenvalue weighted by Gasteiger charge is 2.18. The van der Waals surface area contributed by atoms with Crippen molar-refractivity contribution >= 4 is 5.91 Å². The van der Waals surface area contributed by atoms with Crippen LogP contribution < -0.4 is 0 Å². The Hall–Kier alpha value is -0.570. The van der Waals surface area contributed by atoms with Crippen molar-refractivity contribution in [3.8, 4) is 0 Å². The van der Waals surface area contributed by atoms with Gasteiger partial charge in [-0.2, -0.15) is 0 Å². The third kappa shape index (κ3) is 3.35. The van der Waals surface area contributed by atoms with E-state index in [0.717, 1.165) is 25.8 Å². The van der Waals surface area contributed by atoms with E-state index in [9.17, 15) is 4.79 Å². The summed E-state index contributed by atoms with van der Waals surface area (Å²) >= 11 is 0. The fourth-order valence-corrected chi connectivity index (χ4v) is 1.34. The molecule has 1 atom stereocenters. The first-order valence-corrected chi connectivity index (χ1v) is 5.17. The van der Waals surface area contributed by atoms with E-state index < -0.39 is 0 Å². The number of nitrogens with zero attached hydrogens (tertiary/aromatic N) is 1. The lowest BCUT2D eigenvalue weighted by Crippen LogP contribution is -2.36. The number of amides is 1. The summed E-state index contributed by atoms with van der Waals surface area (Å²) in [6.45, 7) is 5.68. The lowest BCUT2D eigenvalue weighted by atomic mass is 10.0. The zero-order chi connectivity index (χ0) is 9.68. The molecule has 76 valence electrons. The molecule has 3 heteroatoms. The highest BCUT2D eigenvalue weighted by Crippen LogP contribution is 2.12. The lowest BCUT2D eigenvalue weighted by molar-refractivity contribution is -0.197. The van der Waals surface area contributed by atoms with Gasteiger partial charge in [0.05, 0.1) is 6.61 Å². The standard InChI is InChI=1S/C10H19NO2/c1-3-9(2)8-10(12)11-6-4-5-7-13-11/h9H,3-8H2,1-2H3. The van der Waals surface area contributed by atoms with Gasteiger partial charge in [0.15, 0.2) is 0 Å². The van der Waals surface area contributed by atoms with Gasteiger partial charge in [-0.05, 0) is 18.8 Å². The quantitative estimate of drug-likeness (QED) is 0.672. The third-order valence-electron chi connectivity index (χ3n) is 2.50. The minimum Gasteiger partial charge on any atom is -0.273 e. The van der Waals surface area contributed by atoms with Crippen molar-refractivity contribution in [2.75, 3.05) is 13.2 Å². The van der Waals surface area contributed by atoms with Crippen LogP contribution in [0.3, 0.4) is 0 Å². The fourth-order valence-electron chi connectivity index (χ4n) is 1.34. The van der Waals surface area contributed by atoms with Crippen molar-refractivity contribution in [1.29, 1.82) is 0 Å². The van der Waals surface area contributed by atoms with Crippen molar-refractivity contribution in [2.45, 2.75) is 39.5 Å². The maximum Gasteiger partial charge on any atom is 0.246 e. The summed E-state index contributed by atoms with van der Waals surface area (Å²) in [4.78, 5) is 16.8. The van der Waals surface area contributed by atoms with Crippen LogP contribution in [-0.4, -0.2) is 24.1 Å². The molecule has 1 amide bonds. The normalized spacial score (nSPS) is 20.0. The second-order valence-corrected chi connectivity index (χ2v) is 3.75. The first-order valence-electron chi connectivity index (χ1n) is 5.17. The molecule has 1 rings (SSSR count). The fraction of sp³-hybridized carbons (Fsp3) is 0.900. The van der Waals surface area contributed by atoms with Crippen LogP contribution in [0.2, 0.25) is 0 Å². The van der Waals surface area contributed by atoms with Crippen LogP contribution in [0, 0.1) is 5.92 Å². The maximum absolute atomic E-state index is 11.6. The Labute approximate surface area is 80.0 Å². The second-order valence-electron chi connectivity index (χ2n) is 3.75. The molecule has 1 aliphatic rings. The monoisotopic (exact) mass is 185 g/mol. The molecule has 1 saturated heterocycles. The van der Waals surface area contributed by atoms with Crippen LogP contribution in [0.4, 0.5) is 0 Å². The van der Waals surface area contributed by atoms with Crippen molar-refractivity contribution in [3.63, 3.8) is 0 Å². The van der Waals surface area contributed by atoms with Crippen molar-refractivity contribution < 1.29 is 9.63 Å². The van der Waals surface area contributed by atoms with Gasteiger partial charge in [0.25, 0.3) is 0 Å². The zero-order valence-corrected chi connectivity index (χ0v) is 8.58. The first-order chi connectivity index (χ1) is 6.24. The molecule has 1 unspecified atom stereocenters. The second kappa shape index (κ2) is 5.22. The van der Waals surface area contributed by atoms with Crippen LogP contribution in [-0.2, 0) is 9.63 Å². The summed E-state index contributed by atoms with van der Waals surface area (Å²) in [6.07, 6.45) is 3.83. The minimum absolute atomic E-state index is 0.147. The molecule has 0 aromatic rings. The van der Waals surface area contributed by atoms with Crippen molar-refractivity contribution in [1.82, 2.24) is 5.06 Å². The van der Waals surface area contributed by atoms with Gasteiger partial charge in [-0.25, -0.2) is 5.06 Å². The molecule has 0 aliphatic carbocycles. The predicted molar refractivity (Wildman–Crippen MR) is 51.0 cm³/mol. The number of hydroxylamine groups is 2. The molecular weight excluding hydrogens is 166 g/mol. The molecule has 0 bridgehead atoms. The van der Waals surface area contributed by atoms with Gasteiger partial charge in [0.1, 0.15) is 0 Å². The molecule has 0 saturated carbocycles.